The van der Waals surface area contributed by atoms with Crippen molar-refractivity contribution in [3.8, 4) is 22.6 Å². The molecule has 3 rings (SSSR count). The summed E-state index contributed by atoms with van der Waals surface area (Å²) in [4.78, 5) is 0. The van der Waals surface area contributed by atoms with Crippen molar-refractivity contribution in [2.45, 2.75) is 32.3 Å². The number of ether oxygens (including phenoxy) is 2. The van der Waals surface area contributed by atoms with Crippen LogP contribution in [0.1, 0.15) is 26.2 Å². The average Bonchev–Trinajstić information content (AvgIpc) is 3.02. The standard InChI is InChI=1S/C19H20FO2/c1-2-21-19-10-6-5-9-17(19)16-12-11-15(13-18(16)20)22-14-7-3-4-8-14/h5-7,9-14H,2-4,8H2,1H3. The van der Waals surface area contributed by atoms with Crippen LogP contribution in [0.4, 0.5) is 4.39 Å². The molecular weight excluding hydrogens is 279 g/mol. The highest BCUT2D eigenvalue weighted by molar-refractivity contribution is 5.71. The molecule has 1 atom stereocenters. The molecule has 1 aliphatic rings. The highest BCUT2D eigenvalue weighted by Gasteiger charge is 2.18. The van der Waals surface area contributed by atoms with Crippen molar-refractivity contribution in [3.63, 3.8) is 0 Å². The van der Waals surface area contributed by atoms with E-state index >= 15 is 0 Å². The smallest absolute Gasteiger partial charge is 0.134 e. The monoisotopic (exact) mass is 299 g/mol. The lowest BCUT2D eigenvalue weighted by Crippen LogP contribution is -2.11. The molecule has 1 fully saturated rings. The van der Waals surface area contributed by atoms with Crippen molar-refractivity contribution in [3.05, 3.63) is 54.7 Å². The second-order valence-corrected chi connectivity index (χ2v) is 5.39. The molecule has 0 amide bonds. The van der Waals surface area contributed by atoms with Gasteiger partial charge in [-0.15, -0.1) is 0 Å². The van der Waals surface area contributed by atoms with E-state index in [0.717, 1.165) is 24.8 Å². The molecule has 0 saturated heterocycles. The van der Waals surface area contributed by atoms with E-state index in [4.69, 9.17) is 9.47 Å². The highest BCUT2D eigenvalue weighted by Crippen LogP contribution is 2.34. The zero-order valence-corrected chi connectivity index (χ0v) is 12.7. The van der Waals surface area contributed by atoms with Crippen molar-refractivity contribution < 1.29 is 13.9 Å². The zero-order valence-electron chi connectivity index (χ0n) is 12.7. The van der Waals surface area contributed by atoms with Gasteiger partial charge in [-0.25, -0.2) is 4.39 Å². The van der Waals surface area contributed by atoms with Crippen molar-refractivity contribution in [2.75, 3.05) is 6.61 Å². The summed E-state index contributed by atoms with van der Waals surface area (Å²) in [6.45, 7) is 2.47. The lowest BCUT2D eigenvalue weighted by molar-refractivity contribution is 0.240. The van der Waals surface area contributed by atoms with Crippen LogP contribution in [0.5, 0.6) is 11.5 Å². The van der Waals surface area contributed by atoms with Crippen LogP contribution in [0, 0.1) is 12.2 Å². The number of hydrogen-bond acceptors (Lipinski definition) is 2. The van der Waals surface area contributed by atoms with Gasteiger partial charge in [-0.05, 0) is 44.4 Å². The van der Waals surface area contributed by atoms with Gasteiger partial charge in [0.25, 0.3) is 0 Å². The number of rotatable bonds is 5. The molecule has 115 valence electrons. The Balaban J connectivity index is 1.85. The number of benzene rings is 2. The predicted octanol–water partition coefficient (Wildman–Crippen LogP) is 5.03. The van der Waals surface area contributed by atoms with Crippen molar-refractivity contribution in [2.24, 2.45) is 0 Å². The van der Waals surface area contributed by atoms with Crippen molar-refractivity contribution in [1.82, 2.24) is 0 Å². The van der Waals surface area contributed by atoms with E-state index in [9.17, 15) is 4.39 Å². The zero-order chi connectivity index (χ0) is 15.4. The maximum atomic E-state index is 14.5. The third-order valence-corrected chi connectivity index (χ3v) is 3.83. The molecule has 1 radical (unpaired) electrons. The average molecular weight is 299 g/mol. The fourth-order valence-corrected chi connectivity index (χ4v) is 2.78. The molecule has 1 aliphatic carbocycles. The Labute approximate surface area is 130 Å². The quantitative estimate of drug-likeness (QED) is 0.771. The SMILES string of the molecule is CCOc1ccccc1-c1ccc(OC2[CH]CCC2)cc1F. The van der Waals surface area contributed by atoms with Crippen LogP contribution in [0.3, 0.4) is 0 Å². The van der Waals surface area contributed by atoms with E-state index in [1.165, 1.54) is 6.07 Å². The van der Waals surface area contributed by atoms with Crippen LogP contribution in [0.25, 0.3) is 11.1 Å². The third kappa shape index (κ3) is 3.24. The van der Waals surface area contributed by atoms with Gasteiger partial charge in [0.1, 0.15) is 23.4 Å². The maximum Gasteiger partial charge on any atom is 0.134 e. The van der Waals surface area contributed by atoms with E-state index in [2.05, 4.69) is 6.42 Å². The predicted molar refractivity (Wildman–Crippen MR) is 85.6 cm³/mol. The molecule has 0 spiro atoms. The van der Waals surface area contributed by atoms with Gasteiger partial charge in [-0.3, -0.25) is 0 Å². The van der Waals surface area contributed by atoms with E-state index in [1.54, 1.807) is 6.07 Å². The summed E-state index contributed by atoms with van der Waals surface area (Å²) < 4.78 is 25.9. The van der Waals surface area contributed by atoms with Crippen LogP contribution < -0.4 is 9.47 Å². The van der Waals surface area contributed by atoms with Crippen LogP contribution in [0.2, 0.25) is 0 Å². The van der Waals surface area contributed by atoms with Crippen LogP contribution in [0.15, 0.2) is 42.5 Å². The largest absolute Gasteiger partial charge is 0.493 e. The Morgan fingerprint density at radius 3 is 2.73 bits per heavy atom. The van der Waals surface area contributed by atoms with Gasteiger partial charge >= 0.3 is 0 Å². The Morgan fingerprint density at radius 2 is 2.00 bits per heavy atom. The van der Waals surface area contributed by atoms with Crippen LogP contribution in [-0.2, 0) is 0 Å². The molecule has 0 N–H and O–H groups in total. The first kappa shape index (κ1) is 14.9. The molecule has 0 bridgehead atoms. The van der Waals surface area contributed by atoms with Gasteiger partial charge in [-0.1, -0.05) is 18.2 Å². The minimum atomic E-state index is -0.289. The minimum Gasteiger partial charge on any atom is -0.493 e. The van der Waals surface area contributed by atoms with Gasteiger partial charge in [0.05, 0.1) is 6.61 Å². The molecule has 2 aromatic rings. The Hall–Kier alpha value is -2.03. The van der Waals surface area contributed by atoms with Crippen molar-refractivity contribution >= 4 is 0 Å². The summed E-state index contributed by atoms with van der Waals surface area (Å²) in [6, 6.07) is 12.6. The first-order valence-electron chi connectivity index (χ1n) is 7.79. The van der Waals surface area contributed by atoms with E-state index < -0.39 is 0 Å². The van der Waals surface area contributed by atoms with Gasteiger partial charge in [0.2, 0.25) is 0 Å². The Kier molecular flexibility index (Phi) is 4.62. The van der Waals surface area contributed by atoms with E-state index in [1.807, 2.05) is 37.3 Å². The topological polar surface area (TPSA) is 18.5 Å². The summed E-state index contributed by atoms with van der Waals surface area (Å²) in [7, 11) is 0. The summed E-state index contributed by atoms with van der Waals surface area (Å²) in [5.74, 6) is 0.989. The normalized spacial score (nSPS) is 15.0. The highest BCUT2D eigenvalue weighted by atomic mass is 19.1. The third-order valence-electron chi connectivity index (χ3n) is 3.83. The molecule has 22 heavy (non-hydrogen) atoms. The molecule has 0 aliphatic heterocycles. The number of para-hydroxylation sites is 1. The fourth-order valence-electron chi connectivity index (χ4n) is 2.78. The Morgan fingerprint density at radius 1 is 1.14 bits per heavy atom. The van der Waals surface area contributed by atoms with E-state index in [-0.39, 0.29) is 11.9 Å². The molecule has 0 aromatic heterocycles. The Bertz CT molecular complexity index is 633. The molecule has 1 unspecified atom stereocenters. The van der Waals surface area contributed by atoms with Gasteiger partial charge in [0.15, 0.2) is 0 Å². The van der Waals surface area contributed by atoms with Crippen molar-refractivity contribution in [1.29, 1.82) is 0 Å². The molecule has 3 heteroatoms. The second kappa shape index (κ2) is 6.82. The summed E-state index contributed by atoms with van der Waals surface area (Å²) >= 11 is 0. The lowest BCUT2D eigenvalue weighted by Gasteiger charge is -2.15. The van der Waals surface area contributed by atoms with Crippen LogP contribution >= 0.6 is 0 Å². The van der Waals surface area contributed by atoms with E-state index in [0.29, 0.717) is 23.7 Å². The fraction of sp³-hybridized carbons (Fsp3) is 0.316. The minimum absolute atomic E-state index is 0.112. The summed E-state index contributed by atoms with van der Waals surface area (Å²) in [6.07, 6.45) is 5.49. The lowest BCUT2D eigenvalue weighted by atomic mass is 10.0. The first-order chi connectivity index (χ1) is 10.8. The second-order valence-electron chi connectivity index (χ2n) is 5.39. The first-order valence-corrected chi connectivity index (χ1v) is 7.79. The molecular formula is C19H20FO2. The van der Waals surface area contributed by atoms with Crippen LogP contribution in [-0.4, -0.2) is 12.7 Å². The molecule has 2 nitrogen and oxygen atoms in total. The maximum absolute atomic E-state index is 14.5. The van der Waals surface area contributed by atoms with Gasteiger partial charge in [0, 0.05) is 23.6 Å². The number of hydrogen-bond donors (Lipinski definition) is 0. The van der Waals surface area contributed by atoms with Gasteiger partial charge in [-0.2, -0.15) is 0 Å². The summed E-state index contributed by atoms with van der Waals surface area (Å²) in [5.41, 5.74) is 1.30. The molecule has 2 aromatic carbocycles. The summed E-state index contributed by atoms with van der Waals surface area (Å²) in [5, 5.41) is 0. The number of halogens is 1. The molecule has 1 saturated carbocycles. The molecule has 0 heterocycles. The van der Waals surface area contributed by atoms with Gasteiger partial charge < -0.3 is 9.47 Å².